The fraction of sp³-hybridized carbons (Fsp3) is 0.900. The molecular formula is C10H19NO6. The van der Waals surface area contributed by atoms with E-state index in [-0.39, 0.29) is 13.0 Å². The van der Waals surface area contributed by atoms with Crippen LogP contribution in [0.4, 0.5) is 0 Å². The first-order valence-electron chi connectivity index (χ1n) is 5.33. The van der Waals surface area contributed by atoms with Gasteiger partial charge in [0, 0.05) is 31.5 Å². The number of ether oxygens (including phenoxy) is 3. The van der Waals surface area contributed by atoms with Crippen LogP contribution in [0.2, 0.25) is 0 Å². The van der Waals surface area contributed by atoms with Gasteiger partial charge in [0.25, 0.3) is 0 Å². The number of nitrogens with zero attached hydrogens (tertiary/aromatic N) is 1. The fourth-order valence-electron chi connectivity index (χ4n) is 1.47. The number of nitro groups is 1. The summed E-state index contributed by atoms with van der Waals surface area (Å²) in [5.41, 5.74) is 0. The van der Waals surface area contributed by atoms with E-state index in [0.717, 1.165) is 0 Å². The van der Waals surface area contributed by atoms with Gasteiger partial charge in [-0.25, -0.2) is 4.79 Å². The molecule has 0 spiro atoms. The molecule has 0 aromatic carbocycles. The molecule has 1 unspecified atom stereocenters. The van der Waals surface area contributed by atoms with Crippen LogP contribution in [0.3, 0.4) is 0 Å². The van der Waals surface area contributed by atoms with Crippen LogP contribution in [0.1, 0.15) is 20.3 Å². The average molecular weight is 249 g/mol. The SMILES string of the molecule is CCOC(=O)C([C@H](C)CC(OC)OC)[N+](=O)[O-]. The van der Waals surface area contributed by atoms with Gasteiger partial charge in [0.05, 0.1) is 6.61 Å². The first-order chi connectivity index (χ1) is 7.97. The molecule has 100 valence electrons. The molecule has 0 saturated heterocycles. The van der Waals surface area contributed by atoms with E-state index in [2.05, 4.69) is 4.74 Å². The molecule has 0 aromatic heterocycles. The monoisotopic (exact) mass is 249 g/mol. The van der Waals surface area contributed by atoms with E-state index in [9.17, 15) is 14.9 Å². The molecule has 0 bridgehead atoms. The van der Waals surface area contributed by atoms with E-state index < -0.39 is 29.1 Å². The Labute approximate surface area is 100 Å². The lowest BCUT2D eigenvalue weighted by molar-refractivity contribution is -0.520. The minimum absolute atomic E-state index is 0.119. The molecule has 0 rings (SSSR count). The first-order valence-corrected chi connectivity index (χ1v) is 5.33. The number of rotatable bonds is 8. The predicted molar refractivity (Wildman–Crippen MR) is 59.0 cm³/mol. The van der Waals surface area contributed by atoms with Gasteiger partial charge in [-0.3, -0.25) is 10.1 Å². The predicted octanol–water partition coefficient (Wildman–Crippen LogP) is 0.840. The molecular weight excluding hydrogens is 230 g/mol. The van der Waals surface area contributed by atoms with Crippen molar-refractivity contribution in [1.82, 2.24) is 0 Å². The van der Waals surface area contributed by atoms with Crippen molar-refractivity contribution in [3.8, 4) is 0 Å². The third-order valence-corrected chi connectivity index (χ3v) is 2.38. The Bertz CT molecular complexity index is 253. The second-order valence-electron chi connectivity index (χ2n) is 3.60. The lowest BCUT2D eigenvalue weighted by atomic mass is 9.98. The highest BCUT2D eigenvalue weighted by molar-refractivity contribution is 5.74. The summed E-state index contributed by atoms with van der Waals surface area (Å²) in [5.74, 6) is -1.36. The molecule has 0 fully saturated rings. The van der Waals surface area contributed by atoms with Gasteiger partial charge < -0.3 is 14.2 Å². The van der Waals surface area contributed by atoms with Crippen molar-refractivity contribution >= 4 is 5.97 Å². The van der Waals surface area contributed by atoms with Crippen LogP contribution >= 0.6 is 0 Å². The Morgan fingerprint density at radius 2 is 1.88 bits per heavy atom. The maximum absolute atomic E-state index is 11.4. The Hall–Kier alpha value is -1.21. The minimum Gasteiger partial charge on any atom is -0.461 e. The highest BCUT2D eigenvalue weighted by Gasteiger charge is 2.38. The Morgan fingerprint density at radius 1 is 1.35 bits per heavy atom. The van der Waals surface area contributed by atoms with E-state index in [1.165, 1.54) is 14.2 Å². The van der Waals surface area contributed by atoms with Crippen LogP contribution < -0.4 is 0 Å². The van der Waals surface area contributed by atoms with Gasteiger partial charge >= 0.3 is 12.0 Å². The van der Waals surface area contributed by atoms with Crippen molar-refractivity contribution in [2.24, 2.45) is 5.92 Å². The molecule has 7 heteroatoms. The number of hydrogen-bond donors (Lipinski definition) is 0. The number of hydrogen-bond acceptors (Lipinski definition) is 6. The van der Waals surface area contributed by atoms with Crippen molar-refractivity contribution in [3.63, 3.8) is 0 Å². The largest absolute Gasteiger partial charge is 0.461 e. The van der Waals surface area contributed by atoms with Gasteiger partial charge in [-0.15, -0.1) is 0 Å². The van der Waals surface area contributed by atoms with Gasteiger partial charge in [-0.1, -0.05) is 6.92 Å². The summed E-state index contributed by atoms with van der Waals surface area (Å²) >= 11 is 0. The van der Waals surface area contributed by atoms with Gasteiger partial charge in [-0.2, -0.15) is 0 Å². The van der Waals surface area contributed by atoms with Crippen LogP contribution in [0, 0.1) is 16.0 Å². The van der Waals surface area contributed by atoms with Crippen LogP contribution in [0.15, 0.2) is 0 Å². The summed E-state index contributed by atoms with van der Waals surface area (Å²) in [4.78, 5) is 21.6. The first kappa shape index (κ1) is 15.8. The van der Waals surface area contributed by atoms with Crippen molar-refractivity contribution in [2.75, 3.05) is 20.8 Å². The van der Waals surface area contributed by atoms with Crippen LogP contribution in [0.5, 0.6) is 0 Å². The molecule has 0 amide bonds. The smallest absolute Gasteiger partial charge is 0.381 e. The van der Waals surface area contributed by atoms with Crippen molar-refractivity contribution in [3.05, 3.63) is 10.1 Å². The summed E-state index contributed by atoms with van der Waals surface area (Å²) in [6.07, 6.45) is -0.320. The van der Waals surface area contributed by atoms with E-state index in [0.29, 0.717) is 0 Å². The summed E-state index contributed by atoms with van der Waals surface area (Å²) in [6, 6.07) is -1.39. The molecule has 0 N–H and O–H groups in total. The molecule has 0 aliphatic carbocycles. The molecule has 7 nitrogen and oxygen atoms in total. The van der Waals surface area contributed by atoms with Crippen molar-refractivity contribution < 1.29 is 23.9 Å². The van der Waals surface area contributed by atoms with E-state index in [1.54, 1.807) is 13.8 Å². The summed E-state index contributed by atoms with van der Waals surface area (Å²) in [7, 11) is 2.87. The van der Waals surface area contributed by atoms with Crippen LogP contribution in [-0.2, 0) is 19.0 Å². The highest BCUT2D eigenvalue weighted by atomic mass is 16.7. The molecule has 0 aromatic rings. The van der Waals surface area contributed by atoms with Crippen LogP contribution in [0.25, 0.3) is 0 Å². The van der Waals surface area contributed by atoms with Crippen molar-refractivity contribution in [2.45, 2.75) is 32.6 Å². The normalized spacial score (nSPS) is 14.4. The van der Waals surface area contributed by atoms with E-state index in [1.807, 2.05) is 0 Å². The second-order valence-corrected chi connectivity index (χ2v) is 3.60. The zero-order valence-electron chi connectivity index (χ0n) is 10.5. The quantitative estimate of drug-likeness (QED) is 0.274. The maximum Gasteiger partial charge on any atom is 0.381 e. The number of carbonyl (C=O) groups excluding carboxylic acids is 1. The maximum atomic E-state index is 11.4. The fourth-order valence-corrected chi connectivity index (χ4v) is 1.47. The van der Waals surface area contributed by atoms with Gasteiger partial charge in [0.15, 0.2) is 6.29 Å². The van der Waals surface area contributed by atoms with Crippen molar-refractivity contribution in [1.29, 1.82) is 0 Å². The molecule has 0 aliphatic heterocycles. The molecule has 0 aliphatic rings. The number of esters is 1. The summed E-state index contributed by atoms with van der Waals surface area (Å²) < 4.78 is 14.6. The molecule has 0 heterocycles. The Kier molecular flexibility index (Phi) is 7.40. The molecule has 0 radical (unpaired) electrons. The third kappa shape index (κ3) is 5.10. The van der Waals surface area contributed by atoms with Gasteiger partial charge in [0.2, 0.25) is 0 Å². The van der Waals surface area contributed by atoms with Gasteiger partial charge in [-0.05, 0) is 6.92 Å². The summed E-state index contributed by atoms with van der Waals surface area (Å²) in [6.45, 7) is 3.32. The average Bonchev–Trinajstić information content (AvgIpc) is 2.25. The topological polar surface area (TPSA) is 87.9 Å². The lowest BCUT2D eigenvalue weighted by Crippen LogP contribution is -2.39. The van der Waals surface area contributed by atoms with E-state index >= 15 is 0 Å². The Balaban J connectivity index is 4.59. The van der Waals surface area contributed by atoms with Crippen LogP contribution in [-0.4, -0.2) is 44.1 Å². The molecule has 0 saturated carbocycles. The molecule has 2 atom stereocenters. The standard InChI is InChI=1S/C10H19NO6/c1-5-17-10(12)9(11(13)14)7(2)6-8(15-3)16-4/h7-9H,5-6H2,1-4H3/t7-,9?/m1/s1. The molecule has 17 heavy (non-hydrogen) atoms. The zero-order valence-corrected chi connectivity index (χ0v) is 10.5. The van der Waals surface area contributed by atoms with Gasteiger partial charge in [0.1, 0.15) is 0 Å². The zero-order chi connectivity index (χ0) is 13.4. The Morgan fingerprint density at radius 3 is 2.24 bits per heavy atom. The van der Waals surface area contributed by atoms with E-state index in [4.69, 9.17) is 9.47 Å². The third-order valence-electron chi connectivity index (χ3n) is 2.38. The number of carbonyl (C=O) groups is 1. The highest BCUT2D eigenvalue weighted by Crippen LogP contribution is 2.17. The summed E-state index contributed by atoms with van der Waals surface area (Å²) in [5, 5.41) is 10.8. The number of methoxy groups -OCH3 is 2. The minimum atomic E-state index is -1.39. The second kappa shape index (κ2) is 7.97. The lowest BCUT2D eigenvalue weighted by Gasteiger charge is -2.20.